The second kappa shape index (κ2) is 4.55. The molecule has 1 N–H and O–H groups in total. The van der Waals surface area contributed by atoms with Crippen molar-refractivity contribution in [3.05, 3.63) is 30.3 Å². The van der Waals surface area contributed by atoms with E-state index in [4.69, 9.17) is 5.53 Å². The quantitative estimate of drug-likeness (QED) is 0.375. The second-order valence-electron chi connectivity index (χ2n) is 4.40. The largest absolute Gasteiger partial charge is 0.373 e. The van der Waals surface area contributed by atoms with E-state index < -0.39 is 5.41 Å². The summed E-state index contributed by atoms with van der Waals surface area (Å²) in [5, 5.41) is 0. The highest BCUT2D eigenvalue weighted by Gasteiger charge is 2.58. The number of anilines is 1. The summed E-state index contributed by atoms with van der Waals surface area (Å²) in [6.07, 6.45) is 1.99. The molecule has 2 rings (SSSR count). The summed E-state index contributed by atoms with van der Waals surface area (Å²) < 4.78 is 0. The number of amides is 1. The van der Waals surface area contributed by atoms with Crippen LogP contribution < -0.4 is 4.90 Å². The van der Waals surface area contributed by atoms with Gasteiger partial charge in [-0.3, -0.25) is 9.59 Å². The number of Topliss-reactive ketones (excluding diaryl/α,β-unsaturated/α-hetero) is 1. The van der Waals surface area contributed by atoms with E-state index in [9.17, 15) is 9.59 Å². The van der Waals surface area contributed by atoms with Gasteiger partial charge in [-0.25, -0.2) is 0 Å². The SMILES string of the molecule is CN(C(=O)C1(C(=O)C=[N+]=N)CC1)c1ccccc1. The maximum Gasteiger partial charge on any atom is 0.373 e. The Morgan fingerprint density at radius 3 is 2.44 bits per heavy atom. The topological polar surface area (TPSA) is 75.3 Å². The molecule has 0 atom stereocenters. The van der Waals surface area contributed by atoms with Crippen molar-refractivity contribution >= 4 is 23.6 Å². The van der Waals surface area contributed by atoms with Gasteiger partial charge in [0.15, 0.2) is 0 Å². The van der Waals surface area contributed by atoms with E-state index in [0.717, 1.165) is 11.9 Å². The summed E-state index contributed by atoms with van der Waals surface area (Å²) in [4.78, 5) is 28.6. The third-order valence-electron chi connectivity index (χ3n) is 3.26. The monoisotopic (exact) mass is 244 g/mol. The van der Waals surface area contributed by atoms with Gasteiger partial charge in [0.05, 0.1) is 10.3 Å². The summed E-state index contributed by atoms with van der Waals surface area (Å²) in [5.74, 6) is -0.594. The molecule has 0 bridgehead atoms. The Bertz CT molecular complexity index is 528. The maximum absolute atomic E-state index is 12.3. The molecule has 1 aromatic carbocycles. The van der Waals surface area contributed by atoms with E-state index in [-0.39, 0.29) is 11.7 Å². The molecule has 0 saturated heterocycles. The van der Waals surface area contributed by atoms with Crippen molar-refractivity contribution in [3.63, 3.8) is 0 Å². The number of nitrogens with one attached hydrogen (secondary N) is 1. The van der Waals surface area contributed by atoms with Crippen molar-refractivity contribution in [2.45, 2.75) is 12.8 Å². The van der Waals surface area contributed by atoms with Crippen LogP contribution >= 0.6 is 0 Å². The fourth-order valence-electron chi connectivity index (χ4n) is 1.96. The van der Waals surface area contributed by atoms with E-state index in [0.29, 0.717) is 12.8 Å². The highest BCUT2D eigenvalue weighted by atomic mass is 16.2. The Hall–Kier alpha value is -2.26. The van der Waals surface area contributed by atoms with Gasteiger partial charge in [0, 0.05) is 12.7 Å². The molecule has 1 saturated carbocycles. The van der Waals surface area contributed by atoms with Crippen LogP contribution in [0.5, 0.6) is 0 Å². The van der Waals surface area contributed by atoms with Gasteiger partial charge in [-0.15, -0.1) is 0 Å². The van der Waals surface area contributed by atoms with E-state index >= 15 is 0 Å². The number of ketones is 1. The summed E-state index contributed by atoms with van der Waals surface area (Å²) in [5.41, 5.74) is 6.45. The molecular formula is C13H14N3O2+. The minimum absolute atomic E-state index is 0.224. The molecule has 0 spiro atoms. The molecular weight excluding hydrogens is 230 g/mol. The van der Waals surface area contributed by atoms with Crippen molar-refractivity contribution in [2.75, 3.05) is 11.9 Å². The first-order valence-electron chi connectivity index (χ1n) is 5.69. The van der Waals surface area contributed by atoms with Crippen molar-refractivity contribution < 1.29 is 14.4 Å². The zero-order valence-corrected chi connectivity index (χ0v) is 10.1. The van der Waals surface area contributed by atoms with E-state index in [1.165, 1.54) is 4.90 Å². The third kappa shape index (κ3) is 1.96. The molecule has 1 aromatic rings. The molecule has 18 heavy (non-hydrogen) atoms. The summed E-state index contributed by atoms with van der Waals surface area (Å²) >= 11 is 0. The van der Waals surface area contributed by atoms with Crippen LogP contribution in [0.15, 0.2) is 30.3 Å². The first kappa shape index (κ1) is 12.2. The number of benzene rings is 1. The molecule has 0 radical (unpaired) electrons. The molecule has 1 aliphatic carbocycles. The lowest BCUT2D eigenvalue weighted by Crippen LogP contribution is -2.39. The second-order valence-corrected chi connectivity index (χ2v) is 4.40. The highest BCUT2D eigenvalue weighted by Crippen LogP contribution is 2.48. The first-order chi connectivity index (χ1) is 8.62. The summed E-state index contributed by atoms with van der Waals surface area (Å²) in [6, 6.07) is 9.18. The van der Waals surface area contributed by atoms with Gasteiger partial charge >= 0.3 is 6.21 Å². The fraction of sp³-hybridized carbons (Fsp3) is 0.308. The Morgan fingerprint density at radius 2 is 1.94 bits per heavy atom. The van der Waals surface area contributed by atoms with Gasteiger partial charge in [-0.1, -0.05) is 18.2 Å². The number of carbonyl (C=O) groups excluding carboxylic acids is 2. The number of para-hydroxylation sites is 1. The van der Waals surface area contributed by atoms with Crippen LogP contribution in [0.3, 0.4) is 0 Å². The van der Waals surface area contributed by atoms with Crippen LogP contribution in [-0.4, -0.2) is 29.7 Å². The van der Waals surface area contributed by atoms with Crippen molar-refractivity contribution in [1.82, 2.24) is 0 Å². The average molecular weight is 244 g/mol. The van der Waals surface area contributed by atoms with Gasteiger partial charge < -0.3 is 4.90 Å². The Kier molecular flexibility index (Phi) is 3.08. The highest BCUT2D eigenvalue weighted by molar-refractivity contribution is 6.36. The van der Waals surface area contributed by atoms with Crippen molar-refractivity contribution in [1.29, 1.82) is 5.53 Å². The molecule has 5 nitrogen and oxygen atoms in total. The van der Waals surface area contributed by atoms with Crippen LogP contribution in [0, 0.1) is 10.9 Å². The lowest BCUT2D eigenvalue weighted by Gasteiger charge is -2.21. The van der Waals surface area contributed by atoms with Crippen molar-refractivity contribution in [3.8, 4) is 0 Å². The molecule has 1 amide bonds. The number of nitrogens with zero attached hydrogens (tertiary/aromatic N) is 2. The average Bonchev–Trinajstić information content (AvgIpc) is 3.20. The number of hydrogen-bond donors (Lipinski definition) is 1. The third-order valence-corrected chi connectivity index (χ3v) is 3.26. The fourth-order valence-corrected chi connectivity index (χ4v) is 1.96. The molecule has 5 heteroatoms. The van der Waals surface area contributed by atoms with E-state index in [1.807, 2.05) is 30.3 Å². The van der Waals surface area contributed by atoms with Gasteiger partial charge in [0.25, 0.3) is 5.78 Å². The van der Waals surface area contributed by atoms with Crippen LogP contribution in [0.4, 0.5) is 5.69 Å². The standard InChI is InChI=1S/C13H14N3O2/c1-16(10-5-3-2-4-6-10)12(18)13(7-8-13)11(17)9-15-14/h2-6,9,14H,7-8H2,1H3/q+1. The Morgan fingerprint density at radius 1 is 1.33 bits per heavy atom. The minimum atomic E-state index is -0.977. The smallest absolute Gasteiger partial charge is 0.315 e. The van der Waals surface area contributed by atoms with Gasteiger partial charge in [-0.2, -0.15) is 0 Å². The maximum atomic E-state index is 12.3. The predicted octanol–water partition coefficient (Wildman–Crippen LogP) is 1.31. The Balaban J connectivity index is 2.22. The number of rotatable bonds is 4. The molecule has 0 aliphatic heterocycles. The van der Waals surface area contributed by atoms with Gasteiger partial charge in [0.2, 0.25) is 5.91 Å². The lowest BCUT2D eigenvalue weighted by atomic mass is 9.99. The lowest BCUT2D eigenvalue weighted by molar-refractivity contribution is -0.139. The van der Waals surface area contributed by atoms with Crippen LogP contribution in [0.1, 0.15) is 12.8 Å². The number of hydrogen-bond acceptors (Lipinski definition) is 3. The minimum Gasteiger partial charge on any atom is -0.315 e. The van der Waals surface area contributed by atoms with Crippen molar-refractivity contribution in [2.24, 2.45) is 5.41 Å². The molecule has 1 fully saturated rings. The first-order valence-corrected chi connectivity index (χ1v) is 5.69. The van der Waals surface area contributed by atoms with Crippen LogP contribution in [0.25, 0.3) is 0 Å². The van der Waals surface area contributed by atoms with Gasteiger partial charge in [0.1, 0.15) is 5.41 Å². The molecule has 92 valence electrons. The van der Waals surface area contributed by atoms with E-state index in [2.05, 4.69) is 4.79 Å². The zero-order valence-electron chi connectivity index (χ0n) is 10.1. The molecule has 0 heterocycles. The van der Waals surface area contributed by atoms with Gasteiger partial charge in [-0.05, 0) is 25.0 Å². The summed E-state index contributed by atoms with van der Waals surface area (Å²) in [7, 11) is 1.66. The zero-order chi connectivity index (χ0) is 13.2. The van der Waals surface area contributed by atoms with Crippen LogP contribution in [0.2, 0.25) is 0 Å². The van der Waals surface area contributed by atoms with Crippen LogP contribution in [-0.2, 0) is 9.59 Å². The molecule has 1 aliphatic rings. The Labute approximate surface area is 105 Å². The van der Waals surface area contributed by atoms with E-state index in [1.54, 1.807) is 7.05 Å². The predicted molar refractivity (Wildman–Crippen MR) is 65.6 cm³/mol. The number of carbonyl (C=O) groups is 2. The molecule has 0 aromatic heterocycles. The normalized spacial score (nSPS) is 15.4. The molecule has 0 unspecified atom stereocenters. The summed E-state index contributed by atoms with van der Waals surface area (Å²) in [6.45, 7) is 0.